The smallest absolute Gasteiger partial charge is 0.165 e. The van der Waals surface area contributed by atoms with Gasteiger partial charge in [0.2, 0.25) is 0 Å². The molecule has 4 aliphatic rings. The molecule has 0 aromatic heterocycles. The van der Waals surface area contributed by atoms with Crippen molar-refractivity contribution in [3.8, 4) is 0 Å². The summed E-state index contributed by atoms with van der Waals surface area (Å²) in [6, 6.07) is 0. The van der Waals surface area contributed by atoms with E-state index in [1.165, 1.54) is 6.92 Å². The highest BCUT2D eigenvalue weighted by molar-refractivity contribution is 5.93. The lowest BCUT2D eigenvalue weighted by Gasteiger charge is -2.61. The summed E-state index contributed by atoms with van der Waals surface area (Å²) >= 11 is 0. The summed E-state index contributed by atoms with van der Waals surface area (Å²) in [7, 11) is 0. The van der Waals surface area contributed by atoms with Crippen LogP contribution >= 0.6 is 0 Å². The predicted octanol–water partition coefficient (Wildman–Crippen LogP) is 2.07. The van der Waals surface area contributed by atoms with Crippen molar-refractivity contribution < 1.29 is 24.6 Å². The molecule has 5 nitrogen and oxygen atoms in total. The van der Waals surface area contributed by atoms with Gasteiger partial charge in [0.05, 0.1) is 0 Å². The fraction of sp³-hybridized carbons (Fsp3) is 0.857. The van der Waals surface area contributed by atoms with Gasteiger partial charge in [-0.15, -0.1) is 0 Å². The van der Waals surface area contributed by atoms with Crippen molar-refractivity contribution in [1.82, 2.24) is 0 Å². The van der Waals surface area contributed by atoms with Crippen LogP contribution in [0.2, 0.25) is 0 Å². The highest BCUT2D eigenvalue weighted by Gasteiger charge is 2.69. The van der Waals surface area contributed by atoms with Crippen molar-refractivity contribution in [2.45, 2.75) is 77.4 Å². The average Bonchev–Trinajstić information content (AvgIpc) is 2.87. The van der Waals surface area contributed by atoms with Crippen LogP contribution < -0.4 is 0 Å². The number of carbonyl (C=O) groups excluding carboxylic acids is 3. The highest BCUT2D eigenvalue weighted by Crippen LogP contribution is 2.67. The maximum absolute atomic E-state index is 13.0. The van der Waals surface area contributed by atoms with Crippen LogP contribution in [0.25, 0.3) is 0 Å². The van der Waals surface area contributed by atoms with Gasteiger partial charge < -0.3 is 10.2 Å². The van der Waals surface area contributed by atoms with Gasteiger partial charge in [-0.05, 0) is 62.2 Å². The van der Waals surface area contributed by atoms with Gasteiger partial charge >= 0.3 is 0 Å². The molecule has 0 spiro atoms. The van der Waals surface area contributed by atoms with E-state index in [0.717, 1.165) is 12.8 Å². The van der Waals surface area contributed by atoms with E-state index in [0.29, 0.717) is 25.7 Å². The van der Waals surface area contributed by atoms with Crippen LogP contribution in [0, 0.1) is 34.5 Å². The Morgan fingerprint density at radius 1 is 1.08 bits per heavy atom. The van der Waals surface area contributed by atoms with Gasteiger partial charge in [-0.3, -0.25) is 14.4 Å². The molecule has 4 aliphatic carbocycles. The monoisotopic (exact) mass is 362 g/mol. The molecular formula is C21H30O5. The summed E-state index contributed by atoms with van der Waals surface area (Å²) in [6.45, 7) is 5.55. The number of rotatable bonds is 1. The molecule has 0 heterocycles. The molecule has 4 fully saturated rings. The van der Waals surface area contributed by atoms with Gasteiger partial charge in [0.15, 0.2) is 11.6 Å². The maximum atomic E-state index is 13.0. The second kappa shape index (κ2) is 5.48. The zero-order chi connectivity index (χ0) is 19.1. The number of Topliss-reactive ketones (excluding diaryl/α,β-unsaturated/α-hetero) is 3. The van der Waals surface area contributed by atoms with Crippen LogP contribution in [0.15, 0.2) is 0 Å². The molecule has 8 atom stereocenters. The van der Waals surface area contributed by atoms with E-state index in [1.807, 2.05) is 6.92 Å². The molecule has 0 unspecified atom stereocenters. The van der Waals surface area contributed by atoms with Gasteiger partial charge in [-0.1, -0.05) is 13.8 Å². The van der Waals surface area contributed by atoms with Crippen molar-refractivity contribution >= 4 is 17.3 Å². The van der Waals surface area contributed by atoms with E-state index in [4.69, 9.17) is 0 Å². The van der Waals surface area contributed by atoms with Gasteiger partial charge in [0, 0.05) is 24.2 Å². The lowest BCUT2D eigenvalue weighted by Crippen LogP contribution is -2.64. The van der Waals surface area contributed by atoms with Crippen LogP contribution in [0.3, 0.4) is 0 Å². The number of carbonyl (C=O) groups is 3. The van der Waals surface area contributed by atoms with E-state index in [2.05, 4.69) is 6.92 Å². The first-order chi connectivity index (χ1) is 12.1. The average molecular weight is 362 g/mol. The van der Waals surface area contributed by atoms with Crippen LogP contribution in [0.1, 0.15) is 65.7 Å². The highest BCUT2D eigenvalue weighted by atomic mass is 16.3. The van der Waals surface area contributed by atoms with E-state index < -0.39 is 17.1 Å². The number of hydrogen-bond acceptors (Lipinski definition) is 5. The minimum atomic E-state index is -1.36. The standard InChI is InChI=1S/C21H30O5/c1-11(22)21(26)9-6-14-16-13(5-8-20(14,21)3)19(2)7-4-12(23)10-15(19)17(24)18(16)25/h13-16,18,25-26H,4-10H2,1-3H3/t13-,14-,15+,16+,18+,19+,20-,21-/m0/s1. The molecule has 0 amide bonds. The number of aliphatic hydroxyl groups is 2. The topological polar surface area (TPSA) is 91.7 Å². The Bertz CT molecular complexity index is 686. The SMILES string of the molecule is CC(=O)[C@@]1(O)CC[C@H]2[C@@H]3[C@@H](O)C(=O)[C@H]4CC(=O)CC[C@]4(C)[C@H]3CC[C@@]21C. The van der Waals surface area contributed by atoms with E-state index in [-0.39, 0.29) is 52.9 Å². The van der Waals surface area contributed by atoms with Crippen LogP contribution in [-0.4, -0.2) is 39.3 Å². The Labute approximate surface area is 154 Å². The zero-order valence-corrected chi connectivity index (χ0v) is 16.0. The van der Waals surface area contributed by atoms with E-state index >= 15 is 0 Å². The predicted molar refractivity (Wildman–Crippen MR) is 94.1 cm³/mol. The third kappa shape index (κ3) is 2.02. The van der Waals surface area contributed by atoms with Crippen molar-refractivity contribution in [2.75, 3.05) is 0 Å². The largest absolute Gasteiger partial charge is 0.385 e. The second-order valence-electron chi connectivity index (χ2n) is 9.85. The molecule has 26 heavy (non-hydrogen) atoms. The van der Waals surface area contributed by atoms with Crippen molar-refractivity contribution in [1.29, 1.82) is 0 Å². The Morgan fingerprint density at radius 2 is 1.73 bits per heavy atom. The Balaban J connectivity index is 1.76. The third-order valence-corrected chi connectivity index (χ3v) is 9.08. The van der Waals surface area contributed by atoms with Crippen molar-refractivity contribution in [2.24, 2.45) is 34.5 Å². The number of ketones is 3. The van der Waals surface area contributed by atoms with Gasteiger partial charge in [-0.2, -0.15) is 0 Å². The summed E-state index contributed by atoms with van der Waals surface area (Å²) in [4.78, 5) is 37.2. The third-order valence-electron chi connectivity index (χ3n) is 9.08. The summed E-state index contributed by atoms with van der Waals surface area (Å²) in [5.74, 6) is -0.736. The second-order valence-corrected chi connectivity index (χ2v) is 9.85. The first-order valence-electron chi connectivity index (χ1n) is 10.0. The van der Waals surface area contributed by atoms with E-state index in [9.17, 15) is 24.6 Å². The molecule has 4 saturated carbocycles. The summed E-state index contributed by atoms with van der Waals surface area (Å²) in [6.07, 6.45) is 2.99. The molecule has 0 aliphatic heterocycles. The number of hydrogen-bond donors (Lipinski definition) is 2. The number of fused-ring (bicyclic) bond motifs is 5. The Kier molecular flexibility index (Phi) is 3.86. The molecule has 0 aromatic carbocycles. The molecule has 0 bridgehead atoms. The molecule has 0 radical (unpaired) electrons. The van der Waals surface area contributed by atoms with Crippen LogP contribution in [0.5, 0.6) is 0 Å². The Morgan fingerprint density at radius 3 is 2.38 bits per heavy atom. The molecule has 2 N–H and O–H groups in total. The summed E-state index contributed by atoms with van der Waals surface area (Å²) in [5.41, 5.74) is -2.20. The van der Waals surface area contributed by atoms with Gasteiger partial charge in [0.25, 0.3) is 0 Å². The van der Waals surface area contributed by atoms with Crippen LogP contribution in [0.4, 0.5) is 0 Å². The van der Waals surface area contributed by atoms with Crippen LogP contribution in [-0.2, 0) is 14.4 Å². The lowest BCUT2D eigenvalue weighted by molar-refractivity contribution is -0.191. The van der Waals surface area contributed by atoms with Crippen molar-refractivity contribution in [3.05, 3.63) is 0 Å². The zero-order valence-electron chi connectivity index (χ0n) is 16.0. The van der Waals surface area contributed by atoms with Gasteiger partial charge in [-0.25, -0.2) is 0 Å². The molecule has 144 valence electrons. The Hall–Kier alpha value is -1.07. The molecule has 5 heteroatoms. The first kappa shape index (κ1) is 18.3. The first-order valence-corrected chi connectivity index (χ1v) is 10.0. The number of aliphatic hydroxyl groups excluding tert-OH is 1. The minimum Gasteiger partial charge on any atom is -0.385 e. The normalized spacial score (nSPS) is 53.7. The molecule has 4 rings (SSSR count). The fourth-order valence-electron chi connectivity index (χ4n) is 7.41. The molecular weight excluding hydrogens is 332 g/mol. The van der Waals surface area contributed by atoms with Gasteiger partial charge in [0.1, 0.15) is 17.5 Å². The van der Waals surface area contributed by atoms with Crippen molar-refractivity contribution in [3.63, 3.8) is 0 Å². The maximum Gasteiger partial charge on any atom is 0.165 e. The molecule has 0 aromatic rings. The lowest BCUT2D eigenvalue weighted by atomic mass is 9.43. The summed E-state index contributed by atoms with van der Waals surface area (Å²) < 4.78 is 0. The minimum absolute atomic E-state index is 0.0375. The quantitative estimate of drug-likeness (QED) is 0.745. The van der Waals surface area contributed by atoms with E-state index in [1.54, 1.807) is 0 Å². The summed E-state index contributed by atoms with van der Waals surface area (Å²) in [5, 5.41) is 22.1. The fourth-order valence-corrected chi connectivity index (χ4v) is 7.41. The molecule has 0 saturated heterocycles.